The number of carboxylic acid groups (broad SMARTS) is 1. The molecule has 226 valence electrons. The first-order chi connectivity index (χ1) is 19.8. The molecule has 0 saturated carbocycles. The van der Waals surface area contributed by atoms with Gasteiger partial charge in [-0.3, -0.25) is 9.59 Å². The standard InChI is InChI=1S/C26H26O16/c27-9-5-39-25(21(35)16(9)30)40-6-10-17(31)20(34)22(36)26(41-10)42-23-12-11(18(32)13(19(23)33)24(37)38)14(28)7-3-1-2-4-8(7)15(12)29/h1-4,9-10,16-17,20-22,25-27,30-36H,5-6H2,(H,37,38). The lowest BCUT2D eigenvalue weighted by Crippen LogP contribution is -2.61. The monoisotopic (exact) mass is 594 g/mol. The third-order valence-electron chi connectivity index (χ3n) is 7.27. The number of carboxylic acids is 1. The van der Waals surface area contributed by atoms with E-state index in [1.165, 1.54) is 24.3 Å². The Hall–Kier alpha value is -3.71. The maximum atomic E-state index is 13.4. The van der Waals surface area contributed by atoms with E-state index in [0.29, 0.717) is 0 Å². The van der Waals surface area contributed by atoms with Crippen LogP contribution >= 0.6 is 0 Å². The smallest absolute Gasteiger partial charge is 0.343 e. The zero-order valence-corrected chi connectivity index (χ0v) is 21.3. The Kier molecular flexibility index (Phi) is 7.92. The van der Waals surface area contributed by atoms with Crippen molar-refractivity contribution in [1.82, 2.24) is 0 Å². The van der Waals surface area contributed by atoms with Gasteiger partial charge in [-0.1, -0.05) is 24.3 Å². The molecule has 2 aliphatic heterocycles. The van der Waals surface area contributed by atoms with Crippen LogP contribution in [0.4, 0.5) is 0 Å². The number of aliphatic hydroxyl groups excluding tert-OH is 6. The molecule has 2 heterocycles. The van der Waals surface area contributed by atoms with Gasteiger partial charge in [0.1, 0.15) is 54.0 Å². The molecule has 42 heavy (non-hydrogen) atoms. The minimum atomic E-state index is -2.08. The topological polar surface area (TPSA) is 270 Å². The van der Waals surface area contributed by atoms with Crippen molar-refractivity contribution in [3.63, 3.8) is 0 Å². The van der Waals surface area contributed by atoms with Gasteiger partial charge in [0.25, 0.3) is 0 Å². The number of carbonyl (C=O) groups excluding carboxylic acids is 2. The van der Waals surface area contributed by atoms with Crippen LogP contribution in [0.5, 0.6) is 17.2 Å². The third kappa shape index (κ3) is 4.77. The SMILES string of the molecule is O=C(O)c1c(O)c(OC2OC(COC3OCC(O)C(O)C3O)C(O)C(O)C2O)c2c(c1O)C(=O)c1ccccc1C2=O. The highest BCUT2D eigenvalue weighted by atomic mass is 16.7. The van der Waals surface area contributed by atoms with Gasteiger partial charge in [0.2, 0.25) is 6.29 Å². The predicted octanol–water partition coefficient (Wildman–Crippen LogP) is -2.79. The summed E-state index contributed by atoms with van der Waals surface area (Å²) < 4.78 is 21.4. The molecule has 0 bridgehead atoms. The van der Waals surface area contributed by atoms with Gasteiger partial charge >= 0.3 is 5.97 Å². The van der Waals surface area contributed by atoms with E-state index in [4.69, 9.17) is 18.9 Å². The average molecular weight is 594 g/mol. The fourth-order valence-electron chi connectivity index (χ4n) is 4.99. The number of benzene rings is 2. The first-order valence-electron chi connectivity index (χ1n) is 12.5. The van der Waals surface area contributed by atoms with Crippen LogP contribution in [0, 0.1) is 0 Å². The van der Waals surface area contributed by atoms with Crippen LogP contribution in [0.2, 0.25) is 0 Å². The van der Waals surface area contributed by atoms with E-state index in [1.54, 1.807) is 0 Å². The Morgan fingerprint density at radius 2 is 1.40 bits per heavy atom. The summed E-state index contributed by atoms with van der Waals surface area (Å²) in [7, 11) is 0. The fraction of sp³-hybridized carbons (Fsp3) is 0.423. The highest BCUT2D eigenvalue weighted by Crippen LogP contribution is 2.48. The first-order valence-corrected chi connectivity index (χ1v) is 12.5. The number of aromatic hydroxyl groups is 2. The van der Waals surface area contributed by atoms with Crippen molar-refractivity contribution in [2.45, 2.75) is 55.3 Å². The molecule has 0 radical (unpaired) electrons. The van der Waals surface area contributed by atoms with Gasteiger partial charge in [-0.15, -0.1) is 0 Å². The maximum Gasteiger partial charge on any atom is 0.343 e. The van der Waals surface area contributed by atoms with E-state index < -0.39 is 120 Å². The Labute approximate surface area is 235 Å². The molecular weight excluding hydrogens is 568 g/mol. The molecule has 2 aromatic carbocycles. The molecule has 5 rings (SSSR count). The van der Waals surface area contributed by atoms with Crippen molar-refractivity contribution in [3.05, 3.63) is 52.1 Å². The van der Waals surface area contributed by atoms with E-state index in [2.05, 4.69) is 0 Å². The molecule has 9 atom stereocenters. The summed E-state index contributed by atoms with van der Waals surface area (Å²) in [5.41, 5.74) is -3.05. The summed E-state index contributed by atoms with van der Waals surface area (Å²) in [6, 6.07) is 5.42. The van der Waals surface area contributed by atoms with Crippen LogP contribution in [-0.4, -0.2) is 132 Å². The summed E-state index contributed by atoms with van der Waals surface area (Å²) >= 11 is 0. The van der Waals surface area contributed by atoms with Gasteiger partial charge in [0, 0.05) is 11.1 Å². The number of aromatic carboxylic acids is 1. The van der Waals surface area contributed by atoms with E-state index >= 15 is 0 Å². The number of hydrogen-bond donors (Lipinski definition) is 9. The van der Waals surface area contributed by atoms with Gasteiger partial charge in [0.15, 0.2) is 29.4 Å². The number of ether oxygens (including phenoxy) is 4. The van der Waals surface area contributed by atoms with Crippen molar-refractivity contribution in [2.24, 2.45) is 0 Å². The van der Waals surface area contributed by atoms with E-state index in [0.717, 1.165) is 0 Å². The van der Waals surface area contributed by atoms with Crippen molar-refractivity contribution >= 4 is 17.5 Å². The van der Waals surface area contributed by atoms with Gasteiger partial charge in [-0.2, -0.15) is 0 Å². The molecular formula is C26H26O16. The Balaban J connectivity index is 1.49. The number of rotatable bonds is 6. The second kappa shape index (κ2) is 11.2. The van der Waals surface area contributed by atoms with E-state index in [-0.39, 0.29) is 11.1 Å². The van der Waals surface area contributed by atoms with E-state index in [1.807, 2.05) is 0 Å². The number of carbonyl (C=O) groups is 3. The quantitative estimate of drug-likeness (QED) is 0.140. The first kappa shape index (κ1) is 29.8. The molecule has 0 spiro atoms. The molecule has 9 N–H and O–H groups in total. The minimum absolute atomic E-state index is 0.159. The Bertz CT molecular complexity index is 1420. The van der Waals surface area contributed by atoms with Crippen LogP contribution in [-0.2, 0) is 14.2 Å². The van der Waals surface area contributed by atoms with Crippen LogP contribution in [0.25, 0.3) is 0 Å². The number of phenols is 2. The molecule has 0 aromatic heterocycles. The number of aliphatic hydroxyl groups is 6. The third-order valence-corrected chi connectivity index (χ3v) is 7.27. The van der Waals surface area contributed by atoms with E-state index in [9.17, 15) is 60.3 Å². The highest BCUT2D eigenvalue weighted by molar-refractivity contribution is 6.31. The lowest BCUT2D eigenvalue weighted by Gasteiger charge is -2.41. The second-order valence-corrected chi connectivity index (χ2v) is 9.88. The summed E-state index contributed by atoms with van der Waals surface area (Å²) in [5.74, 6) is -7.29. The molecule has 0 amide bonds. The highest BCUT2D eigenvalue weighted by Gasteiger charge is 2.48. The summed E-state index contributed by atoms with van der Waals surface area (Å²) in [5, 5.41) is 92.1. The molecule has 16 nitrogen and oxygen atoms in total. The predicted molar refractivity (Wildman–Crippen MR) is 131 cm³/mol. The molecule has 2 aromatic rings. The Morgan fingerprint density at radius 1 is 0.810 bits per heavy atom. The lowest BCUT2D eigenvalue weighted by atomic mass is 9.81. The van der Waals surface area contributed by atoms with Gasteiger partial charge < -0.3 is 64.9 Å². The van der Waals surface area contributed by atoms with Gasteiger partial charge in [0.05, 0.1) is 24.3 Å². The van der Waals surface area contributed by atoms with Crippen LogP contribution < -0.4 is 4.74 Å². The normalized spacial score (nSPS) is 32.7. The second-order valence-electron chi connectivity index (χ2n) is 9.88. The van der Waals surface area contributed by atoms with Crippen molar-refractivity contribution < 1.29 is 79.3 Å². The summed E-state index contributed by atoms with van der Waals surface area (Å²) in [6.07, 6.45) is -15.8. The lowest BCUT2D eigenvalue weighted by molar-refractivity contribution is -0.307. The summed E-state index contributed by atoms with van der Waals surface area (Å²) in [6.45, 7) is -1.07. The zero-order chi connectivity index (χ0) is 30.6. The Morgan fingerprint density at radius 3 is 2.02 bits per heavy atom. The molecule has 16 heteroatoms. The average Bonchev–Trinajstić information content (AvgIpc) is 2.96. The van der Waals surface area contributed by atoms with Gasteiger partial charge in [-0.25, -0.2) is 4.79 Å². The van der Waals surface area contributed by atoms with Crippen molar-refractivity contribution in [3.8, 4) is 17.2 Å². The number of fused-ring (bicyclic) bond motifs is 2. The summed E-state index contributed by atoms with van der Waals surface area (Å²) in [4.78, 5) is 38.6. The van der Waals surface area contributed by atoms with Crippen LogP contribution in [0.3, 0.4) is 0 Å². The van der Waals surface area contributed by atoms with Crippen molar-refractivity contribution in [2.75, 3.05) is 13.2 Å². The molecule has 2 fully saturated rings. The zero-order valence-electron chi connectivity index (χ0n) is 21.3. The fourth-order valence-corrected chi connectivity index (χ4v) is 4.99. The minimum Gasteiger partial charge on any atom is -0.506 e. The van der Waals surface area contributed by atoms with Gasteiger partial charge in [-0.05, 0) is 0 Å². The molecule has 9 unspecified atom stereocenters. The van der Waals surface area contributed by atoms with Crippen LogP contribution in [0.15, 0.2) is 24.3 Å². The maximum absolute atomic E-state index is 13.4. The molecule has 1 aliphatic carbocycles. The number of ketones is 2. The number of hydrogen-bond acceptors (Lipinski definition) is 15. The van der Waals surface area contributed by atoms with Crippen molar-refractivity contribution in [1.29, 1.82) is 0 Å². The largest absolute Gasteiger partial charge is 0.506 e. The van der Waals surface area contributed by atoms with Crippen LogP contribution in [0.1, 0.15) is 42.2 Å². The molecule has 2 saturated heterocycles. The molecule has 3 aliphatic rings.